The van der Waals surface area contributed by atoms with Crippen molar-refractivity contribution in [2.45, 2.75) is 12.5 Å². The molecule has 1 heterocycles. The van der Waals surface area contributed by atoms with Gasteiger partial charge in [0.1, 0.15) is 6.10 Å². The highest BCUT2D eigenvalue weighted by Gasteiger charge is 2.35. The summed E-state index contributed by atoms with van der Waals surface area (Å²) in [6.45, 7) is 0. The van der Waals surface area contributed by atoms with Gasteiger partial charge in [0, 0.05) is 18.1 Å². The van der Waals surface area contributed by atoms with Gasteiger partial charge in [-0.15, -0.1) is 0 Å². The zero-order valence-corrected chi connectivity index (χ0v) is 9.65. The van der Waals surface area contributed by atoms with Crippen molar-refractivity contribution in [3.8, 4) is 11.5 Å². The van der Waals surface area contributed by atoms with Gasteiger partial charge in [0.15, 0.2) is 11.5 Å². The van der Waals surface area contributed by atoms with Crippen LogP contribution in [0.3, 0.4) is 0 Å². The minimum atomic E-state index is -0.259. The van der Waals surface area contributed by atoms with E-state index in [-0.39, 0.29) is 12.1 Å². The molecule has 1 atom stereocenters. The Morgan fingerprint density at radius 2 is 1.94 bits per heavy atom. The van der Waals surface area contributed by atoms with Crippen LogP contribution in [0.15, 0.2) is 18.2 Å². The molecule has 1 unspecified atom stereocenters. The Morgan fingerprint density at radius 3 is 2.65 bits per heavy atom. The maximum absolute atomic E-state index is 11.2. The van der Waals surface area contributed by atoms with Crippen LogP contribution in [0, 0.1) is 0 Å². The fraction of sp³-hybridized carbons (Fsp3) is 0.308. The highest BCUT2D eigenvalue weighted by molar-refractivity contribution is 5.99. The number of benzene rings is 1. The van der Waals surface area contributed by atoms with Crippen LogP contribution in [0.4, 0.5) is 0 Å². The van der Waals surface area contributed by atoms with Gasteiger partial charge in [-0.2, -0.15) is 0 Å². The number of carbonyl (C=O) groups is 1. The molecule has 1 aliphatic carbocycles. The molecule has 17 heavy (non-hydrogen) atoms. The number of hydrogen-bond donors (Lipinski definition) is 0. The van der Waals surface area contributed by atoms with E-state index < -0.39 is 0 Å². The van der Waals surface area contributed by atoms with E-state index in [1.165, 1.54) is 0 Å². The lowest BCUT2D eigenvalue weighted by Gasteiger charge is -2.09. The van der Waals surface area contributed by atoms with Gasteiger partial charge in [-0.25, -0.2) is 4.79 Å². The second kappa shape index (κ2) is 3.52. The first-order valence-corrected chi connectivity index (χ1v) is 5.40. The maximum atomic E-state index is 11.2. The number of carbonyl (C=O) groups excluding carboxylic acids is 1. The summed E-state index contributed by atoms with van der Waals surface area (Å²) in [5.74, 6) is 1.12. The third kappa shape index (κ3) is 1.40. The van der Waals surface area contributed by atoms with E-state index in [1.54, 1.807) is 20.3 Å². The molecule has 4 heteroatoms. The van der Waals surface area contributed by atoms with E-state index in [1.807, 2.05) is 12.1 Å². The van der Waals surface area contributed by atoms with E-state index >= 15 is 0 Å². The summed E-state index contributed by atoms with van der Waals surface area (Å²) >= 11 is 0. The molecule has 0 fully saturated rings. The molecule has 3 rings (SSSR count). The summed E-state index contributed by atoms with van der Waals surface area (Å²) in [6, 6.07) is 3.85. The fourth-order valence-corrected chi connectivity index (χ4v) is 2.42. The molecular weight excluding hydrogens is 220 g/mol. The molecular formula is C13H12O4. The average molecular weight is 232 g/mol. The van der Waals surface area contributed by atoms with Gasteiger partial charge in [0.2, 0.25) is 0 Å². The molecule has 0 spiro atoms. The van der Waals surface area contributed by atoms with Crippen molar-refractivity contribution in [3.05, 3.63) is 29.3 Å². The zero-order chi connectivity index (χ0) is 12.0. The summed E-state index contributed by atoms with van der Waals surface area (Å²) in [6.07, 6.45) is 2.14. The molecule has 88 valence electrons. The molecule has 0 aromatic heterocycles. The highest BCUT2D eigenvalue weighted by Crippen LogP contribution is 2.42. The first kappa shape index (κ1) is 10.2. The third-order valence-corrected chi connectivity index (χ3v) is 3.20. The minimum Gasteiger partial charge on any atom is -0.493 e. The summed E-state index contributed by atoms with van der Waals surface area (Å²) in [7, 11) is 3.21. The van der Waals surface area contributed by atoms with Crippen molar-refractivity contribution >= 4 is 11.5 Å². The molecule has 0 saturated heterocycles. The SMILES string of the molecule is COc1cc2c(cc1OC)C1=CC(=O)OC1C2. The standard InChI is InChI=1S/C13H12O4/c1-15-11-4-7-3-10-9(6-13(14)17-10)8(7)5-12(11)16-2/h4-6,10H,3H2,1-2H3. The highest BCUT2D eigenvalue weighted by atomic mass is 16.5. The van der Waals surface area contributed by atoms with Gasteiger partial charge in [0.05, 0.1) is 14.2 Å². The number of ether oxygens (including phenoxy) is 3. The van der Waals surface area contributed by atoms with Gasteiger partial charge in [-0.1, -0.05) is 0 Å². The van der Waals surface area contributed by atoms with Crippen molar-refractivity contribution in [1.82, 2.24) is 0 Å². The Kier molecular flexibility index (Phi) is 2.11. The summed E-state index contributed by atoms with van der Waals surface area (Å²) in [5.41, 5.74) is 3.11. The van der Waals surface area contributed by atoms with Crippen LogP contribution in [0.2, 0.25) is 0 Å². The van der Waals surface area contributed by atoms with Crippen LogP contribution in [0.1, 0.15) is 11.1 Å². The Hall–Kier alpha value is -1.97. The number of fused-ring (bicyclic) bond motifs is 3. The normalized spacial score (nSPS) is 20.5. The smallest absolute Gasteiger partial charge is 0.331 e. The van der Waals surface area contributed by atoms with Crippen LogP contribution in [0.5, 0.6) is 11.5 Å². The molecule has 2 aliphatic rings. The van der Waals surface area contributed by atoms with Crippen molar-refractivity contribution in [3.63, 3.8) is 0 Å². The van der Waals surface area contributed by atoms with Crippen LogP contribution in [-0.2, 0) is 16.0 Å². The van der Waals surface area contributed by atoms with Gasteiger partial charge < -0.3 is 14.2 Å². The minimum absolute atomic E-state index is 0.130. The second-order valence-electron chi connectivity index (χ2n) is 4.09. The molecule has 1 aromatic carbocycles. The Labute approximate surface area is 98.8 Å². The number of hydrogen-bond acceptors (Lipinski definition) is 4. The second-order valence-corrected chi connectivity index (χ2v) is 4.09. The lowest BCUT2D eigenvalue weighted by Crippen LogP contribution is -2.08. The Balaban J connectivity index is 2.13. The van der Waals surface area contributed by atoms with Crippen molar-refractivity contribution in [1.29, 1.82) is 0 Å². The summed E-state index contributed by atoms with van der Waals surface area (Å²) in [4.78, 5) is 11.2. The average Bonchev–Trinajstić information content (AvgIpc) is 2.82. The van der Waals surface area contributed by atoms with E-state index in [9.17, 15) is 4.79 Å². The maximum Gasteiger partial charge on any atom is 0.331 e. The molecule has 1 aromatic rings. The quantitative estimate of drug-likeness (QED) is 0.726. The topological polar surface area (TPSA) is 44.8 Å². The van der Waals surface area contributed by atoms with Crippen molar-refractivity contribution < 1.29 is 19.0 Å². The summed E-state index contributed by atoms with van der Waals surface area (Å²) < 4.78 is 15.7. The van der Waals surface area contributed by atoms with E-state index in [4.69, 9.17) is 14.2 Å². The van der Waals surface area contributed by atoms with Crippen LogP contribution < -0.4 is 9.47 Å². The van der Waals surface area contributed by atoms with E-state index in [0.29, 0.717) is 17.9 Å². The molecule has 1 aliphatic heterocycles. The third-order valence-electron chi connectivity index (χ3n) is 3.20. The van der Waals surface area contributed by atoms with Gasteiger partial charge in [-0.05, 0) is 23.3 Å². The lowest BCUT2D eigenvalue weighted by atomic mass is 10.1. The van der Waals surface area contributed by atoms with E-state index in [2.05, 4.69) is 0 Å². The fourth-order valence-electron chi connectivity index (χ4n) is 2.42. The number of methoxy groups -OCH3 is 2. The predicted molar refractivity (Wildman–Crippen MR) is 61.1 cm³/mol. The van der Waals surface area contributed by atoms with Gasteiger partial charge in [-0.3, -0.25) is 0 Å². The van der Waals surface area contributed by atoms with Crippen molar-refractivity contribution in [2.24, 2.45) is 0 Å². The molecule has 0 saturated carbocycles. The summed E-state index contributed by atoms with van der Waals surface area (Å²) in [5, 5.41) is 0. The lowest BCUT2D eigenvalue weighted by molar-refractivity contribution is -0.138. The van der Waals surface area contributed by atoms with Crippen LogP contribution in [0.25, 0.3) is 5.57 Å². The van der Waals surface area contributed by atoms with E-state index in [0.717, 1.165) is 16.7 Å². The van der Waals surface area contributed by atoms with Gasteiger partial charge in [0.25, 0.3) is 0 Å². The largest absolute Gasteiger partial charge is 0.493 e. The van der Waals surface area contributed by atoms with Crippen LogP contribution in [-0.4, -0.2) is 26.3 Å². The first-order valence-electron chi connectivity index (χ1n) is 5.40. The first-order chi connectivity index (χ1) is 8.22. The Bertz CT molecular complexity index is 530. The van der Waals surface area contributed by atoms with Crippen molar-refractivity contribution in [2.75, 3.05) is 14.2 Å². The zero-order valence-electron chi connectivity index (χ0n) is 9.65. The monoisotopic (exact) mass is 232 g/mol. The number of esters is 1. The predicted octanol–water partition coefficient (Wildman–Crippen LogP) is 1.57. The Morgan fingerprint density at radius 1 is 1.24 bits per heavy atom. The molecule has 4 nitrogen and oxygen atoms in total. The molecule has 0 amide bonds. The van der Waals surface area contributed by atoms with Gasteiger partial charge >= 0.3 is 5.97 Å². The molecule has 0 bridgehead atoms. The molecule has 0 radical (unpaired) electrons. The van der Waals surface area contributed by atoms with Crippen LogP contribution >= 0.6 is 0 Å². The number of rotatable bonds is 2. The molecule has 0 N–H and O–H groups in total.